The first-order valence-corrected chi connectivity index (χ1v) is 8.40. The fourth-order valence-electron chi connectivity index (χ4n) is 2.27. The smallest absolute Gasteiger partial charge is 0.196 e. The van der Waals surface area contributed by atoms with Gasteiger partial charge in [0, 0.05) is 16.3 Å². The minimum absolute atomic E-state index is 0.164. The van der Waals surface area contributed by atoms with E-state index in [1.165, 1.54) is 0 Å². The molecule has 2 aromatic carbocycles. The number of hydrogen-bond donors (Lipinski definition) is 0. The maximum atomic E-state index is 6.28. The van der Waals surface area contributed by atoms with Crippen LogP contribution < -0.4 is 4.74 Å². The molecule has 1 atom stereocenters. The average molecular weight is 346 g/mol. The molecule has 1 unspecified atom stereocenters. The third-order valence-corrected chi connectivity index (χ3v) is 4.91. The monoisotopic (exact) mass is 345 g/mol. The summed E-state index contributed by atoms with van der Waals surface area (Å²) in [6.45, 7) is 2.11. The number of thioether (sulfide) groups is 1. The molecule has 0 N–H and O–H groups in total. The first-order chi connectivity index (χ1) is 11.2. The molecule has 3 rings (SSSR count). The lowest BCUT2D eigenvalue weighted by Gasteiger charge is -2.13. The third-order valence-electron chi connectivity index (χ3n) is 3.47. The van der Waals surface area contributed by atoms with Crippen molar-refractivity contribution in [1.29, 1.82) is 0 Å². The van der Waals surface area contributed by atoms with Crippen LogP contribution in [0.25, 0.3) is 5.69 Å². The van der Waals surface area contributed by atoms with Crippen LogP contribution in [0.5, 0.6) is 5.75 Å². The van der Waals surface area contributed by atoms with Crippen molar-refractivity contribution >= 4 is 23.4 Å². The van der Waals surface area contributed by atoms with Crippen molar-refractivity contribution in [1.82, 2.24) is 14.8 Å². The summed E-state index contributed by atoms with van der Waals surface area (Å²) in [5.41, 5.74) is 2.04. The summed E-state index contributed by atoms with van der Waals surface area (Å²) in [5, 5.41) is 10.0. The summed E-state index contributed by atoms with van der Waals surface area (Å²) in [5.74, 6) is 0.798. The third kappa shape index (κ3) is 3.51. The van der Waals surface area contributed by atoms with Crippen LogP contribution in [0.4, 0.5) is 0 Å². The topological polar surface area (TPSA) is 39.9 Å². The molecule has 0 radical (unpaired) electrons. The Hall–Kier alpha value is -1.98. The number of halogens is 1. The van der Waals surface area contributed by atoms with E-state index >= 15 is 0 Å². The second-order valence-electron chi connectivity index (χ2n) is 4.97. The van der Waals surface area contributed by atoms with Gasteiger partial charge in [-0.15, -0.1) is 10.2 Å². The molecule has 0 aliphatic carbocycles. The van der Waals surface area contributed by atoms with Crippen LogP contribution >= 0.6 is 23.4 Å². The molecule has 23 heavy (non-hydrogen) atoms. The number of benzene rings is 2. The zero-order valence-corrected chi connectivity index (χ0v) is 14.4. The van der Waals surface area contributed by atoms with Gasteiger partial charge in [-0.25, -0.2) is 0 Å². The molecule has 4 nitrogen and oxygen atoms in total. The van der Waals surface area contributed by atoms with Crippen LogP contribution in [-0.4, -0.2) is 21.9 Å². The number of aromatic nitrogens is 3. The summed E-state index contributed by atoms with van der Waals surface area (Å²) in [6, 6.07) is 15.7. The van der Waals surface area contributed by atoms with Gasteiger partial charge in [0.25, 0.3) is 0 Å². The lowest BCUT2D eigenvalue weighted by atomic mass is 10.2. The Bertz CT molecular complexity index is 806. The van der Waals surface area contributed by atoms with Crippen LogP contribution in [0.1, 0.15) is 17.7 Å². The Labute approximate surface area is 144 Å². The Balaban J connectivity index is 1.88. The molecular weight excluding hydrogens is 330 g/mol. The fourth-order valence-corrected chi connectivity index (χ4v) is 3.64. The Morgan fingerprint density at radius 2 is 2.00 bits per heavy atom. The lowest BCUT2D eigenvalue weighted by Crippen LogP contribution is -1.98. The quantitative estimate of drug-likeness (QED) is 0.624. The van der Waals surface area contributed by atoms with E-state index in [1.54, 1.807) is 25.2 Å². The first-order valence-electron chi connectivity index (χ1n) is 7.14. The van der Waals surface area contributed by atoms with Crippen molar-refractivity contribution in [3.63, 3.8) is 0 Å². The second kappa shape index (κ2) is 7.06. The van der Waals surface area contributed by atoms with Gasteiger partial charge in [-0.05, 0) is 30.7 Å². The van der Waals surface area contributed by atoms with Crippen LogP contribution in [0.2, 0.25) is 5.02 Å². The van der Waals surface area contributed by atoms with Crippen molar-refractivity contribution < 1.29 is 4.74 Å². The maximum Gasteiger partial charge on any atom is 0.196 e. The number of nitrogens with zero attached hydrogens (tertiary/aromatic N) is 3. The minimum atomic E-state index is 0.164. The standard InChI is InChI=1S/C17H16ClN3OS/c1-12(15-8-3-4-9-16(15)18)23-17-20-19-11-21(17)13-6-5-7-14(10-13)22-2/h3-12H,1-2H3. The Kier molecular flexibility index (Phi) is 4.88. The SMILES string of the molecule is COc1cccc(-n2cnnc2SC(C)c2ccccc2Cl)c1. The van der Waals surface area contributed by atoms with Crippen molar-refractivity contribution in [2.45, 2.75) is 17.3 Å². The van der Waals surface area contributed by atoms with E-state index in [9.17, 15) is 0 Å². The van der Waals surface area contributed by atoms with Crippen molar-refractivity contribution in [3.8, 4) is 11.4 Å². The maximum absolute atomic E-state index is 6.28. The molecule has 0 saturated carbocycles. The highest BCUT2D eigenvalue weighted by Crippen LogP contribution is 2.37. The van der Waals surface area contributed by atoms with Crippen LogP contribution in [0.3, 0.4) is 0 Å². The van der Waals surface area contributed by atoms with Crippen LogP contribution in [-0.2, 0) is 0 Å². The van der Waals surface area contributed by atoms with E-state index in [4.69, 9.17) is 16.3 Å². The van der Waals surface area contributed by atoms with Crippen LogP contribution in [0, 0.1) is 0 Å². The van der Waals surface area contributed by atoms with Gasteiger partial charge in [-0.2, -0.15) is 0 Å². The molecular formula is C17H16ClN3OS. The minimum Gasteiger partial charge on any atom is -0.497 e. The largest absolute Gasteiger partial charge is 0.497 e. The summed E-state index contributed by atoms with van der Waals surface area (Å²) >= 11 is 7.90. The highest BCUT2D eigenvalue weighted by atomic mass is 35.5. The van der Waals surface area contributed by atoms with E-state index in [2.05, 4.69) is 17.1 Å². The van der Waals surface area contributed by atoms with Crippen molar-refractivity contribution in [2.24, 2.45) is 0 Å². The Morgan fingerprint density at radius 1 is 1.17 bits per heavy atom. The summed E-state index contributed by atoms with van der Waals surface area (Å²) in [7, 11) is 1.65. The highest BCUT2D eigenvalue weighted by molar-refractivity contribution is 7.99. The van der Waals surface area contributed by atoms with Crippen LogP contribution in [0.15, 0.2) is 60.0 Å². The summed E-state index contributed by atoms with van der Waals surface area (Å²) in [4.78, 5) is 0. The van der Waals surface area contributed by atoms with Crippen molar-refractivity contribution in [3.05, 3.63) is 65.4 Å². The molecule has 118 valence electrons. The van der Waals surface area contributed by atoms with Gasteiger partial charge >= 0.3 is 0 Å². The van der Waals surface area contributed by atoms with E-state index in [1.807, 2.05) is 53.1 Å². The molecule has 0 bridgehead atoms. The number of ether oxygens (including phenoxy) is 1. The molecule has 0 spiro atoms. The average Bonchev–Trinajstić information content (AvgIpc) is 3.03. The molecule has 0 aliphatic heterocycles. The van der Waals surface area contributed by atoms with E-state index < -0.39 is 0 Å². The predicted molar refractivity (Wildman–Crippen MR) is 93.6 cm³/mol. The van der Waals surface area contributed by atoms with Gasteiger partial charge in [-0.1, -0.05) is 47.6 Å². The van der Waals surface area contributed by atoms with Gasteiger partial charge in [-0.3, -0.25) is 4.57 Å². The fraction of sp³-hybridized carbons (Fsp3) is 0.176. The summed E-state index contributed by atoms with van der Waals surface area (Å²) < 4.78 is 7.23. The molecule has 0 amide bonds. The number of rotatable bonds is 5. The molecule has 0 aliphatic rings. The zero-order valence-electron chi connectivity index (χ0n) is 12.8. The van der Waals surface area contributed by atoms with E-state index in [0.29, 0.717) is 0 Å². The van der Waals surface area contributed by atoms with Crippen molar-refractivity contribution in [2.75, 3.05) is 7.11 Å². The number of methoxy groups -OCH3 is 1. The van der Waals surface area contributed by atoms with Gasteiger partial charge < -0.3 is 4.74 Å². The number of hydrogen-bond acceptors (Lipinski definition) is 4. The Morgan fingerprint density at radius 3 is 2.78 bits per heavy atom. The van der Waals surface area contributed by atoms with E-state index in [-0.39, 0.29) is 5.25 Å². The first kappa shape index (κ1) is 15.9. The summed E-state index contributed by atoms with van der Waals surface area (Å²) in [6.07, 6.45) is 1.70. The molecule has 1 aromatic heterocycles. The molecule has 6 heteroatoms. The molecule has 1 heterocycles. The van der Waals surface area contributed by atoms with Gasteiger partial charge in [0.2, 0.25) is 0 Å². The van der Waals surface area contributed by atoms with E-state index in [0.717, 1.165) is 27.2 Å². The zero-order chi connectivity index (χ0) is 16.2. The molecule has 0 saturated heterocycles. The van der Waals surface area contributed by atoms with Gasteiger partial charge in [0.15, 0.2) is 5.16 Å². The normalized spacial score (nSPS) is 12.1. The second-order valence-corrected chi connectivity index (χ2v) is 6.68. The van der Waals surface area contributed by atoms with Gasteiger partial charge in [0.05, 0.1) is 12.8 Å². The lowest BCUT2D eigenvalue weighted by molar-refractivity contribution is 0.414. The molecule has 0 fully saturated rings. The molecule has 3 aromatic rings. The predicted octanol–water partition coefficient (Wildman–Crippen LogP) is 4.78. The highest BCUT2D eigenvalue weighted by Gasteiger charge is 2.15. The van der Waals surface area contributed by atoms with Gasteiger partial charge in [0.1, 0.15) is 12.1 Å².